The highest BCUT2D eigenvalue weighted by Gasteiger charge is 2.44. The average molecular weight is 379 g/mol. The van der Waals surface area contributed by atoms with Crippen LogP contribution in [0.3, 0.4) is 0 Å². The summed E-state index contributed by atoms with van der Waals surface area (Å²) in [6, 6.07) is 18.5. The van der Waals surface area contributed by atoms with Gasteiger partial charge in [0.15, 0.2) is 5.16 Å². The van der Waals surface area contributed by atoms with Crippen LogP contribution in [0.25, 0.3) is 5.69 Å². The van der Waals surface area contributed by atoms with Gasteiger partial charge in [-0.1, -0.05) is 60.3 Å². The van der Waals surface area contributed by atoms with E-state index >= 15 is 0 Å². The van der Waals surface area contributed by atoms with E-state index < -0.39 is 0 Å². The zero-order chi connectivity index (χ0) is 18.7. The van der Waals surface area contributed by atoms with E-state index in [1.807, 2.05) is 28.8 Å². The van der Waals surface area contributed by atoms with Crippen molar-refractivity contribution in [1.82, 2.24) is 20.1 Å². The monoisotopic (exact) mass is 378 g/mol. The molecule has 1 N–H and O–H groups in total. The first-order valence-corrected chi connectivity index (χ1v) is 10.1. The van der Waals surface area contributed by atoms with E-state index in [1.54, 1.807) is 6.33 Å². The summed E-state index contributed by atoms with van der Waals surface area (Å²) in [5.74, 6) is 0.358. The summed E-state index contributed by atoms with van der Waals surface area (Å²) in [6.07, 6.45) is 3.95. The molecular weight excluding hydrogens is 356 g/mol. The van der Waals surface area contributed by atoms with Crippen LogP contribution in [0.2, 0.25) is 0 Å². The second kappa shape index (κ2) is 7.56. The highest BCUT2D eigenvalue weighted by molar-refractivity contribution is 7.99. The summed E-state index contributed by atoms with van der Waals surface area (Å²) in [7, 11) is 0. The van der Waals surface area contributed by atoms with Gasteiger partial charge in [0, 0.05) is 12.0 Å². The van der Waals surface area contributed by atoms with Crippen LogP contribution in [-0.2, 0) is 10.2 Å². The van der Waals surface area contributed by atoms with Crippen LogP contribution >= 0.6 is 11.8 Å². The molecule has 0 bridgehead atoms. The number of para-hydroxylation sites is 1. The molecule has 5 nitrogen and oxygen atoms in total. The first-order valence-electron chi connectivity index (χ1n) is 9.09. The molecule has 1 saturated carbocycles. The minimum absolute atomic E-state index is 0.0292. The number of amides is 1. The summed E-state index contributed by atoms with van der Waals surface area (Å²) in [6.45, 7) is 2.75. The zero-order valence-corrected chi connectivity index (χ0v) is 16.1. The Morgan fingerprint density at radius 2 is 1.89 bits per heavy atom. The maximum Gasteiger partial charge on any atom is 0.230 e. The van der Waals surface area contributed by atoms with Crippen molar-refractivity contribution in [3.8, 4) is 5.69 Å². The summed E-state index contributed by atoms with van der Waals surface area (Å²) >= 11 is 1.41. The van der Waals surface area contributed by atoms with Gasteiger partial charge in [-0.2, -0.15) is 0 Å². The Morgan fingerprint density at radius 3 is 2.63 bits per heavy atom. The fourth-order valence-corrected chi connectivity index (χ4v) is 4.03. The molecule has 2 aromatic carbocycles. The van der Waals surface area contributed by atoms with E-state index in [0.29, 0.717) is 12.3 Å². The van der Waals surface area contributed by atoms with Crippen molar-refractivity contribution in [3.63, 3.8) is 0 Å². The van der Waals surface area contributed by atoms with Crippen molar-refractivity contribution < 1.29 is 4.79 Å². The number of nitrogens with zero attached hydrogens (tertiary/aromatic N) is 3. The van der Waals surface area contributed by atoms with Crippen LogP contribution in [-0.4, -0.2) is 33.0 Å². The van der Waals surface area contributed by atoms with Crippen LogP contribution < -0.4 is 5.32 Å². The number of carbonyl (C=O) groups excluding carboxylic acids is 1. The van der Waals surface area contributed by atoms with Crippen LogP contribution in [0.5, 0.6) is 0 Å². The van der Waals surface area contributed by atoms with Crippen molar-refractivity contribution in [2.24, 2.45) is 0 Å². The molecule has 1 fully saturated rings. The third-order valence-corrected chi connectivity index (χ3v) is 6.03. The van der Waals surface area contributed by atoms with Crippen LogP contribution in [0.1, 0.15) is 24.0 Å². The molecule has 0 spiro atoms. The predicted molar refractivity (Wildman–Crippen MR) is 107 cm³/mol. The van der Waals surface area contributed by atoms with Gasteiger partial charge in [0.1, 0.15) is 6.33 Å². The maximum absolute atomic E-state index is 12.4. The molecular formula is C21H22N4OS. The average Bonchev–Trinajstić information content (AvgIpc) is 3.36. The third kappa shape index (κ3) is 3.90. The van der Waals surface area contributed by atoms with Crippen molar-refractivity contribution in [2.45, 2.75) is 30.3 Å². The Labute approximate surface area is 163 Å². The molecule has 0 radical (unpaired) electrons. The zero-order valence-electron chi connectivity index (χ0n) is 15.3. The fourth-order valence-electron chi connectivity index (χ4n) is 3.28. The van der Waals surface area contributed by atoms with E-state index in [9.17, 15) is 4.79 Å². The Morgan fingerprint density at radius 1 is 1.15 bits per heavy atom. The number of hydrogen-bond donors (Lipinski definition) is 1. The van der Waals surface area contributed by atoms with E-state index in [4.69, 9.17) is 0 Å². The first kappa shape index (κ1) is 17.8. The standard InChI is InChI=1S/C21H22N4OS/c1-16-7-5-6-10-18(16)25-15-23-24-20(25)27-13-19(26)22-14-21(11-12-21)17-8-3-2-4-9-17/h2-10,15H,11-14H2,1H3,(H,22,26). The number of hydrogen-bond acceptors (Lipinski definition) is 4. The molecule has 0 unspecified atom stereocenters. The highest BCUT2D eigenvalue weighted by Crippen LogP contribution is 2.47. The number of thioether (sulfide) groups is 1. The van der Waals surface area contributed by atoms with Gasteiger partial charge in [-0.05, 0) is 37.0 Å². The molecule has 1 amide bonds. The van der Waals surface area contributed by atoms with E-state index in [2.05, 4.69) is 52.8 Å². The molecule has 0 atom stereocenters. The highest BCUT2D eigenvalue weighted by atomic mass is 32.2. The lowest BCUT2D eigenvalue weighted by molar-refractivity contribution is -0.118. The second-order valence-corrected chi connectivity index (χ2v) is 7.92. The Kier molecular flexibility index (Phi) is 4.99. The molecule has 27 heavy (non-hydrogen) atoms. The van der Waals surface area contributed by atoms with Gasteiger partial charge in [0.05, 0.1) is 11.4 Å². The van der Waals surface area contributed by atoms with Gasteiger partial charge in [-0.25, -0.2) is 0 Å². The van der Waals surface area contributed by atoms with Crippen LogP contribution in [0.4, 0.5) is 0 Å². The topological polar surface area (TPSA) is 59.8 Å². The van der Waals surface area contributed by atoms with E-state index in [-0.39, 0.29) is 11.3 Å². The van der Waals surface area contributed by atoms with Gasteiger partial charge in [-0.3, -0.25) is 9.36 Å². The van der Waals surface area contributed by atoms with Gasteiger partial charge >= 0.3 is 0 Å². The third-order valence-electron chi connectivity index (χ3n) is 5.09. The molecule has 1 heterocycles. The molecule has 1 aliphatic rings. The van der Waals surface area contributed by atoms with Crippen molar-refractivity contribution in [2.75, 3.05) is 12.3 Å². The molecule has 1 aliphatic carbocycles. The van der Waals surface area contributed by atoms with Crippen molar-refractivity contribution >= 4 is 17.7 Å². The fraction of sp³-hybridized carbons (Fsp3) is 0.286. The molecule has 0 saturated heterocycles. The smallest absolute Gasteiger partial charge is 0.230 e. The normalized spacial score (nSPS) is 14.7. The van der Waals surface area contributed by atoms with Crippen LogP contribution in [0.15, 0.2) is 66.1 Å². The predicted octanol–water partition coefficient (Wildman–Crippen LogP) is 3.52. The SMILES string of the molecule is Cc1ccccc1-n1cnnc1SCC(=O)NCC1(c2ccccc2)CC1. The molecule has 138 valence electrons. The number of carbonyl (C=O) groups is 1. The summed E-state index contributed by atoms with van der Waals surface area (Å²) in [5, 5.41) is 12.0. The molecule has 3 aromatic rings. The van der Waals surface area contributed by atoms with Gasteiger partial charge in [0.2, 0.25) is 5.91 Å². The van der Waals surface area contributed by atoms with Crippen molar-refractivity contribution in [3.05, 3.63) is 72.1 Å². The van der Waals surface area contributed by atoms with E-state index in [1.165, 1.54) is 17.3 Å². The maximum atomic E-state index is 12.4. The number of nitrogens with one attached hydrogen (secondary N) is 1. The Hall–Kier alpha value is -2.60. The lowest BCUT2D eigenvalue weighted by atomic mass is 9.96. The van der Waals surface area contributed by atoms with Crippen molar-refractivity contribution in [1.29, 1.82) is 0 Å². The molecule has 0 aliphatic heterocycles. The Balaban J connectivity index is 1.35. The molecule has 6 heteroatoms. The van der Waals surface area contributed by atoms with Gasteiger partial charge in [-0.15, -0.1) is 10.2 Å². The number of aryl methyl sites for hydroxylation is 1. The Bertz CT molecular complexity index is 934. The number of aromatic nitrogens is 3. The quantitative estimate of drug-likeness (QED) is 0.639. The van der Waals surface area contributed by atoms with Gasteiger partial charge in [0.25, 0.3) is 0 Å². The minimum Gasteiger partial charge on any atom is -0.354 e. The van der Waals surface area contributed by atoms with E-state index in [0.717, 1.165) is 29.2 Å². The second-order valence-electron chi connectivity index (χ2n) is 6.98. The lowest BCUT2D eigenvalue weighted by Crippen LogP contribution is -2.33. The van der Waals surface area contributed by atoms with Gasteiger partial charge < -0.3 is 5.32 Å². The summed E-state index contributed by atoms with van der Waals surface area (Å²) in [5.41, 5.74) is 3.62. The first-order chi connectivity index (χ1) is 13.2. The largest absolute Gasteiger partial charge is 0.354 e. The molecule has 4 rings (SSSR count). The summed E-state index contributed by atoms with van der Waals surface area (Å²) in [4.78, 5) is 12.4. The lowest BCUT2D eigenvalue weighted by Gasteiger charge is -2.16. The number of benzene rings is 2. The van der Waals surface area contributed by atoms with Crippen LogP contribution in [0, 0.1) is 6.92 Å². The summed E-state index contributed by atoms with van der Waals surface area (Å²) < 4.78 is 1.93. The minimum atomic E-state index is 0.0292. The number of rotatable bonds is 7. The molecule has 1 aromatic heterocycles.